The van der Waals surface area contributed by atoms with Crippen LogP contribution in [0.2, 0.25) is 0 Å². The molecule has 0 spiro atoms. The summed E-state index contributed by atoms with van der Waals surface area (Å²) in [5.74, 6) is 0.609. The molecule has 1 aliphatic carbocycles. The number of rotatable bonds is 1. The first-order valence-corrected chi connectivity index (χ1v) is 6.42. The summed E-state index contributed by atoms with van der Waals surface area (Å²) in [5, 5.41) is 9.51. The minimum atomic E-state index is -0.479. The van der Waals surface area contributed by atoms with Crippen LogP contribution in [0, 0.1) is 5.92 Å². The van der Waals surface area contributed by atoms with Gasteiger partial charge in [-0.3, -0.25) is 0 Å². The molecule has 3 aliphatic rings. The van der Waals surface area contributed by atoms with Crippen molar-refractivity contribution in [2.45, 2.75) is 57.0 Å². The first kappa shape index (κ1) is 10.1. The van der Waals surface area contributed by atoms with Crippen molar-refractivity contribution in [1.29, 1.82) is 0 Å². The van der Waals surface area contributed by atoms with Gasteiger partial charge < -0.3 is 14.7 Å². The maximum absolute atomic E-state index is 9.51. The predicted molar refractivity (Wildman–Crippen MR) is 57.4 cm³/mol. The highest BCUT2D eigenvalue weighted by atomic mass is 16.6. The summed E-state index contributed by atoms with van der Waals surface area (Å²) >= 11 is 0. The van der Waals surface area contributed by atoms with Gasteiger partial charge in [0.1, 0.15) is 0 Å². The molecule has 0 aromatic heterocycles. The van der Waals surface area contributed by atoms with E-state index in [0.717, 1.165) is 12.8 Å². The molecule has 0 amide bonds. The van der Waals surface area contributed by atoms with Gasteiger partial charge in [0, 0.05) is 18.4 Å². The number of nitrogens with zero attached hydrogens (tertiary/aromatic N) is 1. The zero-order valence-corrected chi connectivity index (χ0v) is 9.27. The van der Waals surface area contributed by atoms with Gasteiger partial charge in [-0.2, -0.15) is 0 Å². The van der Waals surface area contributed by atoms with Gasteiger partial charge in [-0.1, -0.05) is 6.42 Å². The Morgan fingerprint density at radius 2 is 1.87 bits per heavy atom. The zero-order chi connectivity index (χ0) is 10.3. The van der Waals surface area contributed by atoms with Crippen molar-refractivity contribution in [3.63, 3.8) is 0 Å². The average molecular weight is 211 g/mol. The molecule has 4 unspecified atom stereocenters. The molecule has 1 N–H and O–H groups in total. The average Bonchev–Trinajstić information content (AvgIpc) is 2.77. The summed E-state index contributed by atoms with van der Waals surface area (Å²) < 4.78 is 5.54. The van der Waals surface area contributed by atoms with Crippen LogP contribution in [-0.4, -0.2) is 41.5 Å². The third kappa shape index (κ3) is 1.81. The first-order valence-electron chi connectivity index (χ1n) is 6.42. The van der Waals surface area contributed by atoms with Gasteiger partial charge in [0.15, 0.2) is 6.29 Å². The highest BCUT2D eigenvalue weighted by Crippen LogP contribution is 2.41. The standard InChI is InChI=1S/C12H21NO2/c14-12-8-9-10(4-5-11(9)15-12)13-6-2-1-3-7-13/h9-12,14H,1-8H2. The van der Waals surface area contributed by atoms with Crippen molar-refractivity contribution in [2.75, 3.05) is 13.1 Å². The first-order chi connectivity index (χ1) is 7.34. The van der Waals surface area contributed by atoms with Crippen LogP contribution in [0.4, 0.5) is 0 Å². The molecule has 3 rings (SSSR count). The number of likely N-dealkylation sites (tertiary alicyclic amines) is 1. The number of hydrogen-bond donors (Lipinski definition) is 1. The number of fused-ring (bicyclic) bond motifs is 1. The van der Waals surface area contributed by atoms with Crippen molar-refractivity contribution in [3.05, 3.63) is 0 Å². The lowest BCUT2D eigenvalue weighted by molar-refractivity contribution is -0.0906. The fourth-order valence-electron chi connectivity index (χ4n) is 3.68. The summed E-state index contributed by atoms with van der Waals surface area (Å²) in [4.78, 5) is 2.65. The summed E-state index contributed by atoms with van der Waals surface area (Å²) in [6.07, 6.45) is 7.29. The molecule has 2 aliphatic heterocycles. The van der Waals surface area contributed by atoms with E-state index in [4.69, 9.17) is 4.74 Å². The monoisotopic (exact) mass is 211 g/mol. The highest BCUT2D eigenvalue weighted by Gasteiger charge is 2.46. The third-order valence-electron chi connectivity index (χ3n) is 4.38. The van der Waals surface area contributed by atoms with Gasteiger partial charge in [-0.05, 0) is 38.8 Å². The SMILES string of the molecule is OC1CC2C(CCC2N2CCCCC2)O1. The normalized spacial score (nSPS) is 47.0. The molecule has 1 saturated carbocycles. The largest absolute Gasteiger partial charge is 0.368 e. The minimum absolute atomic E-state index is 0.354. The Bertz CT molecular complexity index is 228. The van der Waals surface area contributed by atoms with E-state index in [1.54, 1.807) is 0 Å². The van der Waals surface area contributed by atoms with Gasteiger partial charge in [-0.15, -0.1) is 0 Å². The molecule has 3 fully saturated rings. The second-order valence-electron chi connectivity index (χ2n) is 5.27. The van der Waals surface area contributed by atoms with Crippen molar-refractivity contribution in [2.24, 2.45) is 5.92 Å². The van der Waals surface area contributed by atoms with Gasteiger partial charge in [0.2, 0.25) is 0 Å². The quantitative estimate of drug-likeness (QED) is 0.711. The fraction of sp³-hybridized carbons (Fsp3) is 1.00. The van der Waals surface area contributed by atoms with Gasteiger partial charge in [0.05, 0.1) is 6.10 Å². The Morgan fingerprint density at radius 1 is 1.07 bits per heavy atom. The van der Waals surface area contributed by atoms with Gasteiger partial charge in [-0.25, -0.2) is 0 Å². The molecular weight excluding hydrogens is 190 g/mol. The van der Waals surface area contributed by atoms with Crippen LogP contribution in [0.25, 0.3) is 0 Å². The smallest absolute Gasteiger partial charge is 0.155 e. The number of piperidine rings is 1. The Hall–Kier alpha value is -0.120. The van der Waals surface area contributed by atoms with Crippen molar-refractivity contribution < 1.29 is 9.84 Å². The van der Waals surface area contributed by atoms with E-state index >= 15 is 0 Å². The van der Waals surface area contributed by atoms with Crippen molar-refractivity contribution in [1.82, 2.24) is 4.90 Å². The second kappa shape index (κ2) is 4.04. The van der Waals surface area contributed by atoms with E-state index in [0.29, 0.717) is 18.1 Å². The Labute approximate surface area is 91.4 Å². The molecule has 4 atom stereocenters. The molecule has 3 nitrogen and oxygen atoms in total. The number of ether oxygens (including phenoxy) is 1. The number of aliphatic hydroxyl groups is 1. The van der Waals surface area contributed by atoms with E-state index in [1.165, 1.54) is 38.8 Å². The van der Waals surface area contributed by atoms with Crippen LogP contribution < -0.4 is 0 Å². The zero-order valence-electron chi connectivity index (χ0n) is 9.27. The van der Waals surface area contributed by atoms with E-state index < -0.39 is 6.29 Å². The molecule has 2 heterocycles. The Morgan fingerprint density at radius 3 is 2.67 bits per heavy atom. The molecule has 0 aromatic rings. The number of hydrogen-bond acceptors (Lipinski definition) is 3. The van der Waals surface area contributed by atoms with Crippen molar-refractivity contribution >= 4 is 0 Å². The summed E-state index contributed by atoms with van der Waals surface area (Å²) in [6, 6.07) is 0.701. The van der Waals surface area contributed by atoms with E-state index in [1.807, 2.05) is 0 Å². The third-order valence-corrected chi connectivity index (χ3v) is 4.38. The molecule has 2 saturated heterocycles. The molecule has 0 radical (unpaired) electrons. The van der Waals surface area contributed by atoms with Crippen LogP contribution in [-0.2, 0) is 4.74 Å². The lowest BCUT2D eigenvalue weighted by atomic mass is 9.96. The van der Waals surface area contributed by atoms with Crippen LogP contribution in [0.5, 0.6) is 0 Å². The molecule has 0 bridgehead atoms. The van der Waals surface area contributed by atoms with Gasteiger partial charge in [0.25, 0.3) is 0 Å². The fourth-order valence-corrected chi connectivity index (χ4v) is 3.68. The molecule has 3 heteroatoms. The Balaban J connectivity index is 1.66. The lowest BCUT2D eigenvalue weighted by Gasteiger charge is -2.35. The maximum atomic E-state index is 9.51. The predicted octanol–water partition coefficient (Wildman–Crippen LogP) is 1.36. The van der Waals surface area contributed by atoms with E-state index in [-0.39, 0.29) is 0 Å². The summed E-state index contributed by atoms with van der Waals surface area (Å²) in [6.45, 7) is 2.54. The van der Waals surface area contributed by atoms with Crippen LogP contribution >= 0.6 is 0 Å². The molecule has 86 valence electrons. The lowest BCUT2D eigenvalue weighted by Crippen LogP contribution is -2.42. The highest BCUT2D eigenvalue weighted by molar-refractivity contribution is 4.96. The van der Waals surface area contributed by atoms with Gasteiger partial charge >= 0.3 is 0 Å². The van der Waals surface area contributed by atoms with Crippen molar-refractivity contribution in [3.8, 4) is 0 Å². The minimum Gasteiger partial charge on any atom is -0.368 e. The van der Waals surface area contributed by atoms with E-state index in [2.05, 4.69) is 4.90 Å². The van der Waals surface area contributed by atoms with Crippen LogP contribution in [0.1, 0.15) is 38.5 Å². The molecular formula is C12H21NO2. The van der Waals surface area contributed by atoms with E-state index in [9.17, 15) is 5.11 Å². The summed E-state index contributed by atoms with van der Waals surface area (Å²) in [7, 11) is 0. The Kier molecular flexibility index (Phi) is 2.71. The number of aliphatic hydroxyl groups excluding tert-OH is 1. The van der Waals surface area contributed by atoms with Crippen LogP contribution in [0.15, 0.2) is 0 Å². The maximum Gasteiger partial charge on any atom is 0.155 e. The molecule has 0 aromatic carbocycles. The van der Waals surface area contributed by atoms with Crippen LogP contribution in [0.3, 0.4) is 0 Å². The summed E-state index contributed by atoms with van der Waals surface area (Å²) in [5.41, 5.74) is 0. The molecule has 15 heavy (non-hydrogen) atoms. The topological polar surface area (TPSA) is 32.7 Å². The second-order valence-corrected chi connectivity index (χ2v) is 5.27.